The third-order valence-corrected chi connectivity index (χ3v) is 6.25. The molecule has 0 fully saturated rings. The lowest BCUT2D eigenvalue weighted by molar-refractivity contribution is 0.587. The molecular formula is C15H12N2O2S2. The van der Waals surface area contributed by atoms with E-state index in [9.17, 15) is 8.42 Å². The molecule has 0 aliphatic heterocycles. The number of nitrogens with zero attached hydrogens (tertiary/aromatic N) is 2. The molecule has 0 atom stereocenters. The minimum Gasteiger partial charge on any atom is -0.248 e. The van der Waals surface area contributed by atoms with E-state index >= 15 is 0 Å². The van der Waals surface area contributed by atoms with Gasteiger partial charge in [0.15, 0.2) is 0 Å². The van der Waals surface area contributed by atoms with Crippen LogP contribution in [0.15, 0.2) is 53.1 Å². The fourth-order valence-corrected chi connectivity index (χ4v) is 4.69. The van der Waals surface area contributed by atoms with Gasteiger partial charge in [-0.1, -0.05) is 18.2 Å². The highest BCUT2D eigenvalue weighted by atomic mass is 32.2. The molecule has 1 aliphatic carbocycles. The lowest BCUT2D eigenvalue weighted by atomic mass is 9.98. The number of fused-ring (bicyclic) bond motifs is 3. The molecular weight excluding hydrogens is 304 g/mol. The van der Waals surface area contributed by atoms with E-state index in [1.165, 1.54) is 8.85 Å². The highest BCUT2D eigenvalue weighted by Crippen LogP contribution is 2.36. The van der Waals surface area contributed by atoms with Gasteiger partial charge in [0.25, 0.3) is 10.0 Å². The van der Waals surface area contributed by atoms with Crippen LogP contribution in [0.2, 0.25) is 0 Å². The highest BCUT2D eigenvalue weighted by Gasteiger charge is 2.24. The molecule has 2 aromatic heterocycles. The summed E-state index contributed by atoms with van der Waals surface area (Å²) in [6.07, 6.45) is 5.21. The zero-order chi connectivity index (χ0) is 14.4. The van der Waals surface area contributed by atoms with Crippen LogP contribution in [0.3, 0.4) is 0 Å². The molecule has 0 saturated heterocycles. The number of benzene rings is 1. The first-order chi connectivity index (χ1) is 10.2. The van der Waals surface area contributed by atoms with Crippen LogP contribution < -0.4 is 0 Å². The van der Waals surface area contributed by atoms with E-state index in [1.54, 1.807) is 54.1 Å². The van der Waals surface area contributed by atoms with Crippen LogP contribution in [0.4, 0.5) is 0 Å². The topological polar surface area (TPSA) is 52.0 Å². The Morgan fingerprint density at radius 2 is 1.90 bits per heavy atom. The number of hydrogen-bond donors (Lipinski definition) is 0. The Morgan fingerprint density at radius 3 is 2.71 bits per heavy atom. The quantitative estimate of drug-likeness (QED) is 0.730. The zero-order valence-electron chi connectivity index (χ0n) is 11.1. The van der Waals surface area contributed by atoms with E-state index in [0.29, 0.717) is 4.90 Å². The van der Waals surface area contributed by atoms with Crippen molar-refractivity contribution in [3.05, 3.63) is 58.7 Å². The van der Waals surface area contributed by atoms with Gasteiger partial charge in [-0.2, -0.15) is 0 Å². The molecule has 0 radical (unpaired) electrons. The summed E-state index contributed by atoms with van der Waals surface area (Å²) in [5.41, 5.74) is 4.75. The lowest BCUT2D eigenvalue weighted by Crippen LogP contribution is -2.10. The van der Waals surface area contributed by atoms with Gasteiger partial charge in [0, 0.05) is 22.8 Å². The average molecular weight is 316 g/mol. The number of rotatable bonds is 2. The van der Waals surface area contributed by atoms with Crippen LogP contribution in [-0.2, 0) is 22.9 Å². The van der Waals surface area contributed by atoms with E-state index < -0.39 is 10.0 Å². The normalized spacial score (nSPS) is 13.7. The predicted molar refractivity (Wildman–Crippen MR) is 82.0 cm³/mol. The third-order valence-electron chi connectivity index (χ3n) is 3.72. The van der Waals surface area contributed by atoms with Gasteiger partial charge in [0.05, 0.1) is 16.1 Å². The van der Waals surface area contributed by atoms with Crippen LogP contribution >= 0.6 is 11.3 Å². The molecule has 6 heteroatoms. The number of thiazole rings is 1. The summed E-state index contributed by atoms with van der Waals surface area (Å²) in [6, 6.07) is 8.50. The van der Waals surface area contributed by atoms with Gasteiger partial charge < -0.3 is 0 Å². The second-order valence-electron chi connectivity index (χ2n) is 4.97. The molecule has 0 bridgehead atoms. The molecule has 106 valence electrons. The fourth-order valence-electron chi connectivity index (χ4n) is 2.65. The Balaban J connectivity index is 1.86. The molecule has 0 unspecified atom stereocenters. The molecule has 0 spiro atoms. The molecule has 3 aromatic rings. The molecule has 4 nitrogen and oxygen atoms in total. The number of hydrogen-bond acceptors (Lipinski definition) is 4. The Morgan fingerprint density at radius 1 is 1.10 bits per heavy atom. The first kappa shape index (κ1) is 12.8. The summed E-state index contributed by atoms with van der Waals surface area (Å²) in [4.78, 5) is 5.91. The van der Waals surface area contributed by atoms with E-state index in [2.05, 4.69) is 4.98 Å². The largest absolute Gasteiger partial charge is 0.267 e. The minimum absolute atomic E-state index is 0.302. The Kier molecular flexibility index (Phi) is 2.77. The smallest absolute Gasteiger partial charge is 0.248 e. The van der Waals surface area contributed by atoms with E-state index in [4.69, 9.17) is 0 Å². The summed E-state index contributed by atoms with van der Waals surface area (Å²) in [7, 11) is -3.53. The second-order valence-corrected chi connectivity index (χ2v) is 7.75. The van der Waals surface area contributed by atoms with Gasteiger partial charge in [-0.3, -0.25) is 0 Å². The van der Waals surface area contributed by atoms with Gasteiger partial charge in [-0.05, 0) is 30.5 Å². The van der Waals surface area contributed by atoms with E-state index in [-0.39, 0.29) is 0 Å². The second kappa shape index (κ2) is 4.54. The summed E-state index contributed by atoms with van der Waals surface area (Å²) in [5, 5.41) is 0. The van der Waals surface area contributed by atoms with Crippen molar-refractivity contribution in [2.24, 2.45) is 0 Å². The molecule has 0 saturated carbocycles. The monoisotopic (exact) mass is 316 g/mol. The maximum Gasteiger partial charge on any atom is 0.267 e. The Labute approximate surface area is 126 Å². The first-order valence-electron chi connectivity index (χ1n) is 6.60. The van der Waals surface area contributed by atoms with Crippen LogP contribution in [-0.4, -0.2) is 17.4 Å². The van der Waals surface area contributed by atoms with Crippen LogP contribution in [0.5, 0.6) is 0 Å². The van der Waals surface area contributed by atoms with Crippen molar-refractivity contribution in [2.45, 2.75) is 17.7 Å². The first-order valence-corrected chi connectivity index (χ1v) is 8.92. The van der Waals surface area contributed by atoms with Crippen LogP contribution in [0, 0.1) is 0 Å². The van der Waals surface area contributed by atoms with Crippen LogP contribution in [0.1, 0.15) is 10.4 Å². The van der Waals surface area contributed by atoms with Gasteiger partial charge >= 0.3 is 0 Å². The van der Waals surface area contributed by atoms with Gasteiger partial charge in [-0.25, -0.2) is 17.4 Å². The van der Waals surface area contributed by atoms with Crippen molar-refractivity contribution in [3.63, 3.8) is 0 Å². The molecule has 2 heterocycles. The average Bonchev–Trinajstić information content (AvgIpc) is 3.14. The summed E-state index contributed by atoms with van der Waals surface area (Å²) in [5.74, 6) is 0. The number of aryl methyl sites for hydroxylation is 2. The van der Waals surface area contributed by atoms with Gasteiger partial charge in [-0.15, -0.1) is 11.3 Å². The van der Waals surface area contributed by atoms with Crippen molar-refractivity contribution in [3.8, 4) is 11.3 Å². The summed E-state index contributed by atoms with van der Waals surface area (Å²) >= 11 is 1.63. The van der Waals surface area contributed by atoms with Crippen molar-refractivity contribution in [1.29, 1.82) is 0 Å². The maximum absolute atomic E-state index is 12.6. The Bertz CT molecular complexity index is 908. The fraction of sp³-hybridized carbons (Fsp3) is 0.133. The third kappa shape index (κ3) is 1.94. The molecule has 1 aliphatic rings. The van der Waals surface area contributed by atoms with Crippen molar-refractivity contribution < 1.29 is 8.42 Å². The SMILES string of the molecule is O=S(=O)(c1ccccc1)n1cc2c(c1)-c1ncsc1CC2. The van der Waals surface area contributed by atoms with Crippen molar-refractivity contribution in [2.75, 3.05) is 0 Å². The lowest BCUT2D eigenvalue weighted by Gasteiger charge is -2.09. The standard InChI is InChI=1S/C15H12N2O2S2/c18-21(19,12-4-2-1-3-5-12)17-8-11-6-7-14-15(13(11)9-17)16-10-20-14/h1-5,8-10H,6-7H2. The summed E-state index contributed by atoms with van der Waals surface area (Å²) in [6.45, 7) is 0. The van der Waals surface area contributed by atoms with Gasteiger partial charge in [0.1, 0.15) is 0 Å². The molecule has 0 N–H and O–H groups in total. The summed E-state index contributed by atoms with van der Waals surface area (Å²) < 4.78 is 26.6. The minimum atomic E-state index is -3.53. The van der Waals surface area contributed by atoms with E-state index in [0.717, 1.165) is 29.7 Å². The highest BCUT2D eigenvalue weighted by molar-refractivity contribution is 7.90. The predicted octanol–water partition coefficient (Wildman–Crippen LogP) is 2.95. The molecule has 4 rings (SSSR count). The zero-order valence-corrected chi connectivity index (χ0v) is 12.7. The van der Waals surface area contributed by atoms with Gasteiger partial charge in [0.2, 0.25) is 0 Å². The van der Waals surface area contributed by atoms with E-state index in [1.807, 2.05) is 5.51 Å². The molecule has 0 amide bonds. The molecule has 1 aromatic carbocycles. The number of aromatic nitrogens is 2. The Hall–Kier alpha value is -1.92. The maximum atomic E-state index is 12.6. The van der Waals surface area contributed by atoms with Crippen LogP contribution in [0.25, 0.3) is 11.3 Å². The molecule has 21 heavy (non-hydrogen) atoms. The van der Waals surface area contributed by atoms with Crippen molar-refractivity contribution >= 4 is 21.4 Å². The van der Waals surface area contributed by atoms with Crippen molar-refractivity contribution in [1.82, 2.24) is 8.96 Å².